The Labute approximate surface area is 105 Å². The van der Waals surface area contributed by atoms with E-state index in [0.29, 0.717) is 18.1 Å². The lowest BCUT2D eigenvalue weighted by atomic mass is 9.92. The average molecular weight is 258 g/mol. The number of nitrogens with zero attached hydrogens (tertiary/aromatic N) is 1. The molecule has 0 aliphatic carbocycles. The molecule has 0 bridgehead atoms. The van der Waals surface area contributed by atoms with Crippen LogP contribution < -0.4 is 5.73 Å². The minimum absolute atomic E-state index is 0.436. The second-order valence-electron chi connectivity index (χ2n) is 4.02. The van der Waals surface area contributed by atoms with Gasteiger partial charge in [-0.25, -0.2) is 4.98 Å². The first-order chi connectivity index (χ1) is 7.98. The first-order valence-corrected chi connectivity index (χ1v) is 6.53. The van der Waals surface area contributed by atoms with E-state index in [1.165, 1.54) is 11.8 Å². The molecule has 1 aromatic rings. The van der Waals surface area contributed by atoms with Crippen molar-refractivity contribution in [3.8, 4) is 0 Å². The third-order valence-electron chi connectivity index (χ3n) is 2.65. The highest BCUT2D eigenvalue weighted by atomic mass is 32.2. The zero-order valence-electron chi connectivity index (χ0n) is 10.1. The Morgan fingerprint density at radius 1 is 1.71 bits per heavy atom. The molecule has 17 heavy (non-hydrogen) atoms. The number of oxazole rings is 1. The normalized spacial score (nSPS) is 14.5. The molecule has 0 spiro atoms. The van der Waals surface area contributed by atoms with Crippen molar-refractivity contribution in [1.29, 1.82) is 0 Å². The van der Waals surface area contributed by atoms with Gasteiger partial charge in [-0.2, -0.15) is 0 Å². The highest BCUT2D eigenvalue weighted by Gasteiger charge is 2.30. The van der Waals surface area contributed by atoms with E-state index in [-0.39, 0.29) is 0 Å². The van der Waals surface area contributed by atoms with Gasteiger partial charge in [-0.05, 0) is 26.2 Å². The summed E-state index contributed by atoms with van der Waals surface area (Å²) in [5, 5.41) is 9.61. The fourth-order valence-corrected chi connectivity index (χ4v) is 2.17. The molecule has 0 fully saturated rings. The summed E-state index contributed by atoms with van der Waals surface area (Å²) in [4.78, 5) is 15.1. The minimum Gasteiger partial charge on any atom is -0.480 e. The highest BCUT2D eigenvalue weighted by molar-refractivity contribution is 7.99. The smallest absolute Gasteiger partial charge is 0.323 e. The molecule has 3 N–H and O–H groups in total. The van der Waals surface area contributed by atoms with E-state index in [4.69, 9.17) is 15.3 Å². The number of thioether (sulfide) groups is 1. The maximum Gasteiger partial charge on any atom is 0.323 e. The van der Waals surface area contributed by atoms with Gasteiger partial charge in [-0.15, -0.1) is 0 Å². The van der Waals surface area contributed by atoms with E-state index in [1.807, 2.05) is 6.92 Å². The van der Waals surface area contributed by atoms with E-state index in [1.54, 1.807) is 13.2 Å². The van der Waals surface area contributed by atoms with Crippen molar-refractivity contribution < 1.29 is 14.3 Å². The predicted molar refractivity (Wildman–Crippen MR) is 66.0 cm³/mol. The van der Waals surface area contributed by atoms with E-state index < -0.39 is 11.5 Å². The zero-order chi connectivity index (χ0) is 12.9. The standard InChI is InChI=1S/C11H18N2O3S/c1-3-11(12,9(14)15)5-4-6-17-10-13-8(2)7-16-10/h7H,3-6,12H2,1-2H3,(H,14,15). The predicted octanol–water partition coefficient (Wildman–Crippen LogP) is 2.05. The maximum atomic E-state index is 11.0. The second-order valence-corrected chi connectivity index (χ2v) is 5.07. The van der Waals surface area contributed by atoms with Crippen molar-refractivity contribution in [1.82, 2.24) is 4.98 Å². The Morgan fingerprint density at radius 2 is 2.41 bits per heavy atom. The monoisotopic (exact) mass is 258 g/mol. The summed E-state index contributed by atoms with van der Waals surface area (Å²) in [5.41, 5.74) is 5.52. The minimum atomic E-state index is -1.10. The van der Waals surface area contributed by atoms with Crippen molar-refractivity contribution in [2.24, 2.45) is 5.73 Å². The number of aliphatic carboxylic acids is 1. The van der Waals surface area contributed by atoms with Crippen molar-refractivity contribution in [2.75, 3.05) is 5.75 Å². The van der Waals surface area contributed by atoms with Crippen LogP contribution in [0.25, 0.3) is 0 Å². The van der Waals surface area contributed by atoms with Crippen LogP contribution in [0.2, 0.25) is 0 Å². The van der Waals surface area contributed by atoms with Gasteiger partial charge in [0.25, 0.3) is 5.22 Å². The van der Waals surface area contributed by atoms with Gasteiger partial charge in [0.05, 0.1) is 5.69 Å². The van der Waals surface area contributed by atoms with Gasteiger partial charge in [-0.3, -0.25) is 4.79 Å². The van der Waals surface area contributed by atoms with Crippen LogP contribution in [0, 0.1) is 6.92 Å². The number of hydrogen-bond donors (Lipinski definition) is 2. The molecular formula is C11H18N2O3S. The fraction of sp³-hybridized carbons (Fsp3) is 0.636. The molecule has 0 amide bonds. The fourth-order valence-electron chi connectivity index (χ4n) is 1.38. The summed E-state index contributed by atoms with van der Waals surface area (Å²) >= 11 is 1.48. The number of rotatable bonds is 7. The molecule has 96 valence electrons. The largest absolute Gasteiger partial charge is 0.480 e. The quantitative estimate of drug-likeness (QED) is 0.574. The molecule has 0 aromatic carbocycles. The van der Waals surface area contributed by atoms with Crippen LogP contribution in [-0.4, -0.2) is 27.4 Å². The van der Waals surface area contributed by atoms with Crippen LogP contribution in [0.5, 0.6) is 0 Å². The average Bonchev–Trinajstić information content (AvgIpc) is 2.70. The lowest BCUT2D eigenvalue weighted by molar-refractivity contribution is -0.143. The van der Waals surface area contributed by atoms with Gasteiger partial charge in [0.2, 0.25) is 0 Å². The molecule has 1 atom stereocenters. The molecule has 0 saturated heterocycles. The number of carbonyl (C=O) groups is 1. The van der Waals surface area contributed by atoms with Crippen LogP contribution in [0.3, 0.4) is 0 Å². The highest BCUT2D eigenvalue weighted by Crippen LogP contribution is 2.21. The molecule has 6 heteroatoms. The van der Waals surface area contributed by atoms with Gasteiger partial charge in [0, 0.05) is 5.75 Å². The molecule has 1 heterocycles. The lowest BCUT2D eigenvalue weighted by Gasteiger charge is -2.22. The Bertz CT molecular complexity index is 381. The van der Waals surface area contributed by atoms with Gasteiger partial charge >= 0.3 is 5.97 Å². The van der Waals surface area contributed by atoms with Crippen LogP contribution in [-0.2, 0) is 4.79 Å². The summed E-state index contributed by atoms with van der Waals surface area (Å²) in [6.07, 6.45) is 3.22. The van der Waals surface area contributed by atoms with Crippen molar-refractivity contribution in [3.05, 3.63) is 12.0 Å². The molecule has 1 aromatic heterocycles. The van der Waals surface area contributed by atoms with Gasteiger partial charge in [-0.1, -0.05) is 18.7 Å². The van der Waals surface area contributed by atoms with Crippen LogP contribution >= 0.6 is 11.8 Å². The van der Waals surface area contributed by atoms with Gasteiger partial charge in [0.15, 0.2) is 0 Å². The number of aromatic nitrogens is 1. The SMILES string of the molecule is CCC(N)(CCCSc1nc(C)co1)C(=O)O. The molecule has 0 aliphatic heterocycles. The first kappa shape index (κ1) is 14.1. The first-order valence-electron chi connectivity index (χ1n) is 5.55. The molecule has 5 nitrogen and oxygen atoms in total. The maximum absolute atomic E-state index is 11.0. The molecule has 1 unspecified atom stereocenters. The Balaban J connectivity index is 2.30. The summed E-state index contributed by atoms with van der Waals surface area (Å²) in [7, 11) is 0. The Morgan fingerprint density at radius 3 is 2.88 bits per heavy atom. The number of nitrogens with two attached hydrogens (primary N) is 1. The van der Waals surface area contributed by atoms with E-state index in [9.17, 15) is 4.79 Å². The zero-order valence-corrected chi connectivity index (χ0v) is 10.9. The third-order valence-corrected chi connectivity index (χ3v) is 3.57. The number of hydrogen-bond acceptors (Lipinski definition) is 5. The third kappa shape index (κ3) is 4.05. The lowest BCUT2D eigenvalue weighted by Crippen LogP contribution is -2.47. The summed E-state index contributed by atoms with van der Waals surface area (Å²) < 4.78 is 5.17. The second kappa shape index (κ2) is 6.07. The molecule has 0 aliphatic rings. The van der Waals surface area contributed by atoms with Gasteiger partial charge < -0.3 is 15.3 Å². The van der Waals surface area contributed by atoms with Crippen molar-refractivity contribution >= 4 is 17.7 Å². The van der Waals surface area contributed by atoms with E-state index in [0.717, 1.165) is 17.9 Å². The summed E-state index contributed by atoms with van der Waals surface area (Å²) in [6, 6.07) is 0. The molecule has 1 rings (SSSR count). The number of carboxylic acids is 1. The van der Waals surface area contributed by atoms with Crippen LogP contribution in [0.4, 0.5) is 0 Å². The summed E-state index contributed by atoms with van der Waals surface area (Å²) in [6.45, 7) is 3.65. The van der Waals surface area contributed by atoms with E-state index >= 15 is 0 Å². The number of aryl methyl sites for hydroxylation is 1. The van der Waals surface area contributed by atoms with Crippen molar-refractivity contribution in [2.45, 2.75) is 43.9 Å². The van der Waals surface area contributed by atoms with Crippen LogP contribution in [0.15, 0.2) is 15.9 Å². The molecule has 0 radical (unpaired) electrons. The summed E-state index contributed by atoms with van der Waals surface area (Å²) in [5.74, 6) is -0.177. The Hall–Kier alpha value is -1.01. The molecular weight excluding hydrogens is 240 g/mol. The molecule has 0 saturated carbocycles. The van der Waals surface area contributed by atoms with Crippen molar-refractivity contribution in [3.63, 3.8) is 0 Å². The van der Waals surface area contributed by atoms with Crippen LogP contribution in [0.1, 0.15) is 31.9 Å². The Kier molecular flexibility index (Phi) is 5.02. The van der Waals surface area contributed by atoms with Gasteiger partial charge in [0.1, 0.15) is 11.8 Å². The topological polar surface area (TPSA) is 89.4 Å². The van der Waals surface area contributed by atoms with E-state index in [2.05, 4.69) is 4.98 Å². The number of carboxylic acid groups (broad SMARTS) is 1.